The number of nitrogen functional groups attached to an aromatic ring is 1. The Morgan fingerprint density at radius 1 is 1.00 bits per heavy atom. The molecule has 15 heteroatoms. The highest BCUT2D eigenvalue weighted by molar-refractivity contribution is 5.95. The fraction of sp³-hybridized carbons (Fsp3) is 0.296. The number of rotatable bonds is 9. The van der Waals surface area contributed by atoms with Gasteiger partial charge in [0.2, 0.25) is 5.88 Å². The summed E-state index contributed by atoms with van der Waals surface area (Å²) in [5.41, 5.74) is 4.00. The van der Waals surface area contributed by atoms with Gasteiger partial charge in [0, 0.05) is 29.9 Å². The summed E-state index contributed by atoms with van der Waals surface area (Å²) in [6.07, 6.45) is -0.955. The van der Waals surface area contributed by atoms with Crippen molar-refractivity contribution in [2.24, 2.45) is 0 Å². The molecule has 0 saturated heterocycles. The van der Waals surface area contributed by atoms with E-state index in [1.807, 2.05) is 0 Å². The summed E-state index contributed by atoms with van der Waals surface area (Å²) >= 11 is 0. The number of hydrogen-bond acceptors (Lipinski definition) is 7. The predicted molar refractivity (Wildman–Crippen MR) is 155 cm³/mol. The summed E-state index contributed by atoms with van der Waals surface area (Å²) in [5.74, 6) is -6.53. The number of ether oxygens (including phenoxy) is 2. The van der Waals surface area contributed by atoms with Crippen LogP contribution >= 0.6 is 24.8 Å². The predicted octanol–water partition coefficient (Wildman–Crippen LogP) is 6.89. The van der Waals surface area contributed by atoms with E-state index in [4.69, 9.17) is 15.2 Å². The number of benzene rings is 2. The summed E-state index contributed by atoms with van der Waals surface area (Å²) in [5, 5.41) is 12.0. The second kappa shape index (κ2) is 14.8. The molecule has 0 bridgehead atoms. The summed E-state index contributed by atoms with van der Waals surface area (Å²) < 4.78 is 67.2. The highest BCUT2D eigenvalue weighted by atomic mass is 35.5. The van der Waals surface area contributed by atoms with Crippen LogP contribution in [-0.2, 0) is 11.2 Å². The molecule has 0 unspecified atom stereocenters. The lowest BCUT2D eigenvalue weighted by Gasteiger charge is -2.27. The number of nitrogens with two attached hydrogens (primary N) is 1. The number of pyridine rings is 1. The Morgan fingerprint density at radius 2 is 1.64 bits per heavy atom. The summed E-state index contributed by atoms with van der Waals surface area (Å²) in [7, 11) is 1.38. The number of amides is 1. The Labute approximate surface area is 251 Å². The average molecular weight is 637 g/mol. The summed E-state index contributed by atoms with van der Waals surface area (Å²) in [4.78, 5) is 30.0. The molecule has 3 aromatic rings. The highest BCUT2D eigenvalue weighted by Gasteiger charge is 2.27. The van der Waals surface area contributed by atoms with Crippen LogP contribution in [0.25, 0.3) is 0 Å². The van der Waals surface area contributed by atoms with Crippen LogP contribution in [0.1, 0.15) is 43.1 Å². The molecule has 0 aliphatic rings. The Bertz CT molecular complexity index is 1440. The third-order valence-corrected chi connectivity index (χ3v) is 5.52. The van der Waals surface area contributed by atoms with Crippen molar-refractivity contribution in [3.63, 3.8) is 0 Å². The molecule has 2 aromatic carbocycles. The molecule has 0 aliphatic heterocycles. The van der Waals surface area contributed by atoms with Crippen LogP contribution in [0.15, 0.2) is 36.4 Å². The molecular formula is C27H30Cl2F4N4O5. The first-order valence-electron chi connectivity index (χ1n) is 12.0. The van der Waals surface area contributed by atoms with Gasteiger partial charge >= 0.3 is 12.1 Å². The van der Waals surface area contributed by atoms with E-state index in [0.29, 0.717) is 12.1 Å². The lowest BCUT2D eigenvalue weighted by atomic mass is 10.0. The first-order valence-corrected chi connectivity index (χ1v) is 12.0. The highest BCUT2D eigenvalue weighted by Crippen LogP contribution is 2.31. The van der Waals surface area contributed by atoms with Crippen LogP contribution in [0.5, 0.6) is 5.88 Å². The molecule has 0 fully saturated rings. The summed E-state index contributed by atoms with van der Waals surface area (Å²) in [6, 6.07) is 5.99. The average Bonchev–Trinajstić information content (AvgIpc) is 2.87. The number of aromatic carboxylic acids is 1. The van der Waals surface area contributed by atoms with Crippen LogP contribution in [0.2, 0.25) is 0 Å². The van der Waals surface area contributed by atoms with Gasteiger partial charge in [0.1, 0.15) is 5.60 Å². The maximum atomic E-state index is 14.9. The van der Waals surface area contributed by atoms with Crippen LogP contribution in [0, 0.1) is 23.3 Å². The molecular weight excluding hydrogens is 607 g/mol. The quantitative estimate of drug-likeness (QED) is 0.217. The van der Waals surface area contributed by atoms with Crippen molar-refractivity contribution in [3.8, 4) is 5.88 Å². The second-order valence-corrected chi connectivity index (χ2v) is 9.63. The molecule has 0 spiro atoms. The van der Waals surface area contributed by atoms with Crippen molar-refractivity contribution in [3.05, 3.63) is 70.8 Å². The van der Waals surface area contributed by atoms with Gasteiger partial charge in [-0.15, -0.1) is 24.8 Å². The van der Waals surface area contributed by atoms with E-state index in [2.05, 4.69) is 10.3 Å². The lowest BCUT2D eigenvalue weighted by Crippen LogP contribution is -2.38. The minimum Gasteiger partial charge on any atom is -0.481 e. The van der Waals surface area contributed by atoms with Crippen LogP contribution in [0.3, 0.4) is 0 Å². The van der Waals surface area contributed by atoms with Crippen molar-refractivity contribution in [2.45, 2.75) is 39.2 Å². The molecule has 0 atom stereocenters. The van der Waals surface area contributed by atoms with E-state index >= 15 is 0 Å². The zero-order valence-electron chi connectivity index (χ0n) is 23.0. The summed E-state index contributed by atoms with van der Waals surface area (Å²) in [6.45, 7) is 4.87. The third-order valence-electron chi connectivity index (χ3n) is 5.52. The molecule has 1 amide bonds. The number of halogens is 6. The minimum atomic E-state index is -1.57. The monoisotopic (exact) mass is 636 g/mol. The van der Waals surface area contributed by atoms with Crippen LogP contribution < -0.4 is 20.7 Å². The van der Waals surface area contributed by atoms with Gasteiger partial charge < -0.3 is 25.6 Å². The molecule has 1 heterocycles. The second-order valence-electron chi connectivity index (χ2n) is 9.63. The molecule has 3 rings (SSSR count). The van der Waals surface area contributed by atoms with Crippen molar-refractivity contribution in [1.29, 1.82) is 0 Å². The third kappa shape index (κ3) is 8.76. The number of methoxy groups -OCH3 is 1. The number of aromatic nitrogens is 1. The van der Waals surface area contributed by atoms with Gasteiger partial charge in [-0.3, -0.25) is 4.90 Å². The number of hydrogen-bond donors (Lipinski definition) is 3. The van der Waals surface area contributed by atoms with Gasteiger partial charge in [0.25, 0.3) is 0 Å². The van der Waals surface area contributed by atoms with Crippen molar-refractivity contribution in [1.82, 2.24) is 4.98 Å². The van der Waals surface area contributed by atoms with E-state index in [-0.39, 0.29) is 78.5 Å². The fourth-order valence-corrected chi connectivity index (χ4v) is 3.71. The maximum Gasteiger partial charge on any atom is 0.416 e. The lowest BCUT2D eigenvalue weighted by molar-refractivity contribution is 0.0578. The van der Waals surface area contributed by atoms with Crippen LogP contribution in [-0.4, -0.2) is 41.4 Å². The molecule has 1 aromatic heterocycles. The number of nitrogens with zero attached hydrogens (tertiary/aromatic N) is 2. The number of anilines is 4. The number of carbonyl (C=O) groups is 2. The minimum absolute atomic E-state index is 0. The molecule has 4 N–H and O–H groups in total. The van der Waals surface area contributed by atoms with E-state index in [1.165, 1.54) is 19.2 Å². The van der Waals surface area contributed by atoms with Gasteiger partial charge in [0.05, 0.1) is 24.0 Å². The molecule has 0 aliphatic carbocycles. The first kappa shape index (κ1) is 36.1. The van der Waals surface area contributed by atoms with Gasteiger partial charge in [-0.2, -0.15) is 4.98 Å². The number of carbonyl (C=O) groups excluding carboxylic acids is 1. The van der Waals surface area contributed by atoms with Gasteiger partial charge in [-0.1, -0.05) is 0 Å². The van der Waals surface area contributed by atoms with E-state index < -0.39 is 46.5 Å². The zero-order chi connectivity index (χ0) is 29.8. The van der Waals surface area contributed by atoms with Gasteiger partial charge in [-0.25, -0.2) is 27.2 Å². The molecule has 230 valence electrons. The molecule has 42 heavy (non-hydrogen) atoms. The van der Waals surface area contributed by atoms with Crippen LogP contribution in [0.4, 0.5) is 45.2 Å². The van der Waals surface area contributed by atoms with E-state index in [9.17, 15) is 32.3 Å². The Kier molecular flexibility index (Phi) is 12.7. The topological polar surface area (TPSA) is 127 Å². The number of carboxylic acid groups (broad SMARTS) is 1. The molecule has 9 nitrogen and oxygen atoms in total. The van der Waals surface area contributed by atoms with E-state index in [1.54, 1.807) is 20.8 Å². The first-order chi connectivity index (χ1) is 18.7. The largest absolute Gasteiger partial charge is 0.481 e. The molecule has 0 radical (unpaired) electrons. The van der Waals surface area contributed by atoms with Crippen molar-refractivity contribution >= 4 is 59.8 Å². The smallest absolute Gasteiger partial charge is 0.416 e. The van der Waals surface area contributed by atoms with E-state index in [0.717, 1.165) is 17.0 Å². The Hall–Kier alpha value is -3.97. The Balaban J connectivity index is 0.00000441. The van der Waals surface area contributed by atoms with Crippen molar-refractivity contribution in [2.75, 3.05) is 29.6 Å². The normalized spacial score (nSPS) is 10.7. The zero-order valence-corrected chi connectivity index (χ0v) is 24.6. The van der Waals surface area contributed by atoms with Gasteiger partial charge in [0.15, 0.2) is 29.1 Å². The van der Waals surface area contributed by atoms with Gasteiger partial charge in [-0.05, 0) is 57.9 Å². The number of nitrogens with one attached hydrogen (secondary N) is 1. The fourth-order valence-electron chi connectivity index (χ4n) is 3.71. The standard InChI is InChI=1S/C27H28F4N4O5.2ClH/c1-27(2,3)40-26(38)35(24-19(32)8-10-22(34-24)39-4)11-5-6-14-20(9-7-16(28)23(14)31)33-21-13-18(30)17(29)12-15(21)25(36)37;;/h7-10,12-13,33H,5-6,11,32H2,1-4H3,(H,36,37);2*1H. The molecule has 0 saturated carbocycles. The number of carboxylic acids is 1. The SMILES string of the molecule is COc1ccc(N)c(N(CCCc2c(Nc3cc(F)c(F)cc3C(=O)O)ccc(F)c2F)C(=O)OC(C)(C)C)n1.Cl.Cl. The van der Waals surface area contributed by atoms with Crippen molar-refractivity contribution < 1.29 is 41.7 Å². The maximum absolute atomic E-state index is 14.9. The Morgan fingerprint density at radius 3 is 2.24 bits per heavy atom.